The zero-order chi connectivity index (χ0) is 34.8. The summed E-state index contributed by atoms with van der Waals surface area (Å²) in [6.07, 6.45) is 3.90. The number of hydrogen-bond acceptors (Lipinski definition) is 8. The van der Waals surface area contributed by atoms with E-state index in [1.165, 1.54) is 6.08 Å². The molecule has 4 aliphatic rings. The highest BCUT2D eigenvalue weighted by Crippen LogP contribution is 2.53. The third kappa shape index (κ3) is 5.92. The van der Waals surface area contributed by atoms with E-state index in [1.54, 1.807) is 13.3 Å². The van der Waals surface area contributed by atoms with Crippen molar-refractivity contribution in [3.05, 3.63) is 48.2 Å². The Bertz CT molecular complexity index is 1950. The molecule has 0 atom stereocenters. The molecule has 264 valence electrons. The molecule has 1 amide bonds. The van der Waals surface area contributed by atoms with E-state index in [2.05, 4.69) is 32.6 Å². The number of rotatable bonds is 8. The standard InChI is InChI=1S/C37H42F3N7O3/c1-4-29(48)47-19-36(20-47)11-15-45(16-12-36)34-26-17-25(23-6-7-23)31(30-22(2)5-8-28-27(30)18-41-44-28)33(50-21-37(38,39)40)32(26)42-35(43-34)46-13-9-24(49-3)10-14-46/h4-5,8,17-18,23-24H,1,6-7,9-16,19-21H2,2-3H3,(H,41,44). The lowest BCUT2D eigenvalue weighted by molar-refractivity contribution is -0.153. The normalized spacial score (nSPS) is 19.7. The number of nitrogens with zero attached hydrogens (tertiary/aromatic N) is 6. The third-order valence-corrected chi connectivity index (χ3v) is 11.1. The number of carbonyl (C=O) groups is 1. The molecule has 10 nitrogen and oxygen atoms in total. The molecule has 13 heteroatoms. The summed E-state index contributed by atoms with van der Waals surface area (Å²) < 4.78 is 53.6. The molecular formula is C37H42F3N7O3. The minimum absolute atomic E-state index is 0.0436. The highest BCUT2D eigenvalue weighted by Gasteiger charge is 2.46. The van der Waals surface area contributed by atoms with Crippen LogP contribution in [-0.2, 0) is 9.53 Å². The van der Waals surface area contributed by atoms with E-state index < -0.39 is 12.8 Å². The molecule has 3 saturated heterocycles. The lowest BCUT2D eigenvalue weighted by Crippen LogP contribution is -2.61. The summed E-state index contributed by atoms with van der Waals surface area (Å²) in [7, 11) is 1.72. The second-order valence-corrected chi connectivity index (χ2v) is 14.5. The van der Waals surface area contributed by atoms with Gasteiger partial charge in [-0.25, -0.2) is 4.98 Å². The van der Waals surface area contributed by atoms with Gasteiger partial charge in [0, 0.05) is 68.1 Å². The Morgan fingerprint density at radius 2 is 1.78 bits per heavy atom. The Morgan fingerprint density at radius 3 is 2.44 bits per heavy atom. The van der Waals surface area contributed by atoms with Gasteiger partial charge in [0.1, 0.15) is 11.3 Å². The highest BCUT2D eigenvalue weighted by atomic mass is 19.4. The molecule has 50 heavy (non-hydrogen) atoms. The smallest absolute Gasteiger partial charge is 0.422 e. The molecule has 1 N–H and O–H groups in total. The molecule has 4 aromatic rings. The number of fused-ring (bicyclic) bond motifs is 2. The van der Waals surface area contributed by atoms with Crippen LogP contribution < -0.4 is 14.5 Å². The molecule has 0 bridgehead atoms. The van der Waals surface area contributed by atoms with Crippen LogP contribution in [0.25, 0.3) is 32.9 Å². The number of anilines is 2. The van der Waals surface area contributed by atoms with Crippen molar-refractivity contribution in [2.45, 2.75) is 63.6 Å². The quantitative estimate of drug-likeness (QED) is 0.209. The first-order valence-corrected chi connectivity index (χ1v) is 17.5. The number of piperidine rings is 2. The van der Waals surface area contributed by atoms with Crippen LogP contribution in [0.4, 0.5) is 24.9 Å². The molecule has 5 heterocycles. The van der Waals surface area contributed by atoms with Gasteiger partial charge in [-0.3, -0.25) is 9.89 Å². The molecule has 0 unspecified atom stereocenters. The van der Waals surface area contributed by atoms with Gasteiger partial charge in [-0.05, 0) is 86.3 Å². The number of halogens is 3. The van der Waals surface area contributed by atoms with E-state index in [1.807, 2.05) is 24.0 Å². The maximum atomic E-state index is 14.0. The molecule has 8 rings (SSSR count). The summed E-state index contributed by atoms with van der Waals surface area (Å²) >= 11 is 0. The minimum Gasteiger partial charge on any atom is -0.481 e. The van der Waals surface area contributed by atoms with Crippen LogP contribution in [0.1, 0.15) is 55.6 Å². The second-order valence-electron chi connectivity index (χ2n) is 14.5. The summed E-state index contributed by atoms with van der Waals surface area (Å²) in [5.74, 6) is 1.47. The van der Waals surface area contributed by atoms with Crippen molar-refractivity contribution in [2.24, 2.45) is 5.41 Å². The van der Waals surface area contributed by atoms with Gasteiger partial charge in [0.15, 0.2) is 12.4 Å². The van der Waals surface area contributed by atoms with Gasteiger partial charge >= 0.3 is 6.18 Å². The number of amides is 1. The number of alkyl halides is 3. The second kappa shape index (κ2) is 12.4. The Balaban J connectivity index is 1.30. The van der Waals surface area contributed by atoms with Gasteiger partial charge in [-0.2, -0.15) is 23.3 Å². The lowest BCUT2D eigenvalue weighted by Gasteiger charge is -2.54. The molecule has 0 radical (unpaired) electrons. The third-order valence-electron chi connectivity index (χ3n) is 11.1. The van der Waals surface area contributed by atoms with E-state index in [-0.39, 0.29) is 29.1 Å². The number of methoxy groups -OCH3 is 1. The lowest BCUT2D eigenvalue weighted by atomic mass is 9.72. The molecule has 2 aromatic heterocycles. The summed E-state index contributed by atoms with van der Waals surface area (Å²) in [5, 5.41) is 8.84. The van der Waals surface area contributed by atoms with E-state index in [4.69, 9.17) is 19.4 Å². The molecule has 3 aliphatic heterocycles. The Morgan fingerprint density at radius 1 is 1.04 bits per heavy atom. The van der Waals surface area contributed by atoms with E-state index in [0.717, 1.165) is 71.9 Å². The van der Waals surface area contributed by atoms with Crippen LogP contribution in [-0.4, -0.2) is 96.2 Å². The predicted octanol–water partition coefficient (Wildman–Crippen LogP) is 6.53. The highest BCUT2D eigenvalue weighted by molar-refractivity contribution is 6.06. The first-order valence-electron chi connectivity index (χ1n) is 17.5. The van der Waals surface area contributed by atoms with Crippen molar-refractivity contribution < 1.29 is 27.4 Å². The fourth-order valence-electron chi connectivity index (χ4n) is 8.19. The minimum atomic E-state index is -4.55. The van der Waals surface area contributed by atoms with Crippen molar-refractivity contribution in [3.8, 4) is 16.9 Å². The fraction of sp³-hybridized carbons (Fsp3) is 0.514. The largest absolute Gasteiger partial charge is 0.481 e. The number of aromatic nitrogens is 4. The Labute approximate surface area is 288 Å². The Kier molecular flexibility index (Phi) is 8.15. The van der Waals surface area contributed by atoms with Gasteiger partial charge in [0.2, 0.25) is 11.9 Å². The monoisotopic (exact) mass is 689 g/mol. The first kappa shape index (κ1) is 32.8. The summed E-state index contributed by atoms with van der Waals surface area (Å²) in [5.41, 5.74) is 4.57. The van der Waals surface area contributed by atoms with E-state index in [0.29, 0.717) is 61.7 Å². The van der Waals surface area contributed by atoms with Crippen LogP contribution in [0.2, 0.25) is 0 Å². The molecular weight excluding hydrogens is 647 g/mol. The van der Waals surface area contributed by atoms with Gasteiger partial charge in [0.05, 0.1) is 17.8 Å². The zero-order valence-corrected chi connectivity index (χ0v) is 28.5. The average Bonchev–Trinajstić information content (AvgIpc) is 3.84. The number of aromatic amines is 1. The summed E-state index contributed by atoms with van der Waals surface area (Å²) in [4.78, 5) is 28.7. The van der Waals surface area contributed by atoms with Crippen LogP contribution in [0.3, 0.4) is 0 Å². The van der Waals surface area contributed by atoms with Crippen molar-refractivity contribution in [1.29, 1.82) is 0 Å². The number of carbonyl (C=O) groups excluding carboxylic acids is 1. The predicted molar refractivity (Wildman–Crippen MR) is 186 cm³/mol. The molecule has 4 fully saturated rings. The SMILES string of the molecule is C=CC(=O)N1CC2(CCN(c3nc(N4CCC(OC)CC4)nc4c(OCC(F)(F)F)c(-c5c(C)ccc6[nH]ncc56)c(C5CC5)cc34)CC2)C1. The maximum absolute atomic E-state index is 14.0. The van der Waals surface area contributed by atoms with Gasteiger partial charge in [0.25, 0.3) is 0 Å². The number of hydrogen-bond donors (Lipinski definition) is 1. The van der Waals surface area contributed by atoms with Crippen LogP contribution in [0.15, 0.2) is 37.1 Å². The fourth-order valence-corrected chi connectivity index (χ4v) is 8.19. The molecule has 2 aromatic carbocycles. The summed E-state index contributed by atoms with van der Waals surface area (Å²) in [6, 6.07) is 6.03. The summed E-state index contributed by atoms with van der Waals surface area (Å²) in [6.45, 7) is 8.33. The van der Waals surface area contributed by atoms with E-state index >= 15 is 0 Å². The zero-order valence-electron chi connectivity index (χ0n) is 28.5. The maximum Gasteiger partial charge on any atom is 0.422 e. The van der Waals surface area contributed by atoms with Gasteiger partial charge < -0.3 is 24.2 Å². The van der Waals surface area contributed by atoms with Crippen molar-refractivity contribution in [2.75, 3.05) is 62.8 Å². The average molecular weight is 690 g/mol. The first-order chi connectivity index (χ1) is 24.1. The number of aryl methyl sites for hydroxylation is 1. The number of likely N-dealkylation sites (tertiary alicyclic amines) is 1. The number of nitrogens with one attached hydrogen (secondary N) is 1. The van der Waals surface area contributed by atoms with Crippen molar-refractivity contribution >= 4 is 39.5 Å². The van der Waals surface area contributed by atoms with Crippen LogP contribution in [0.5, 0.6) is 5.75 Å². The van der Waals surface area contributed by atoms with Crippen LogP contribution in [0, 0.1) is 12.3 Å². The van der Waals surface area contributed by atoms with E-state index in [9.17, 15) is 18.0 Å². The molecule has 1 saturated carbocycles. The van der Waals surface area contributed by atoms with Crippen molar-refractivity contribution in [3.63, 3.8) is 0 Å². The number of ether oxygens (including phenoxy) is 2. The van der Waals surface area contributed by atoms with Gasteiger partial charge in [-0.15, -0.1) is 0 Å². The van der Waals surface area contributed by atoms with Crippen LogP contribution >= 0.6 is 0 Å². The topological polar surface area (TPSA) is 99.7 Å². The number of benzene rings is 2. The Hall–Kier alpha value is -4.39. The van der Waals surface area contributed by atoms with Crippen molar-refractivity contribution in [1.82, 2.24) is 25.1 Å². The van der Waals surface area contributed by atoms with Gasteiger partial charge in [-0.1, -0.05) is 12.6 Å². The number of H-pyrrole nitrogens is 1. The molecule has 1 aliphatic carbocycles. The molecule has 1 spiro atoms.